The number of rotatable bonds is 1. The highest BCUT2D eigenvalue weighted by Gasteiger charge is 2.54. The zero-order valence-electron chi connectivity index (χ0n) is 11.7. The highest BCUT2D eigenvalue weighted by atomic mass is 32.1. The smallest absolute Gasteiger partial charge is 0.163 e. The average Bonchev–Trinajstić information content (AvgIpc) is 2.75. The van der Waals surface area contributed by atoms with Crippen LogP contribution < -0.4 is 0 Å². The van der Waals surface area contributed by atoms with Crippen molar-refractivity contribution in [1.82, 2.24) is 0 Å². The minimum Gasteiger partial charge on any atom is -0.478 e. The maximum Gasteiger partial charge on any atom is 0.163 e. The van der Waals surface area contributed by atoms with Crippen LogP contribution in [0.5, 0.6) is 0 Å². The summed E-state index contributed by atoms with van der Waals surface area (Å²) in [6.07, 6.45) is -0.0810. The van der Waals surface area contributed by atoms with Crippen LogP contribution in [-0.2, 0) is 23.7 Å². The predicted molar refractivity (Wildman–Crippen MR) is 70.8 cm³/mol. The first-order chi connectivity index (χ1) is 8.76. The van der Waals surface area contributed by atoms with Gasteiger partial charge >= 0.3 is 0 Å². The lowest BCUT2D eigenvalue weighted by atomic mass is 9.98. The van der Waals surface area contributed by atoms with E-state index < -0.39 is 11.6 Å². The molecule has 0 amide bonds. The molecule has 3 aliphatic heterocycles. The molecule has 0 saturated carbocycles. The molecular formula is C13H20O5S. The molecule has 3 saturated heterocycles. The van der Waals surface area contributed by atoms with Crippen molar-refractivity contribution in [3.63, 3.8) is 0 Å². The molecular weight excluding hydrogens is 268 g/mol. The average molecular weight is 288 g/mol. The number of hydrogen-bond donors (Lipinski definition) is 0. The van der Waals surface area contributed by atoms with Gasteiger partial charge in [0.25, 0.3) is 0 Å². The lowest BCUT2D eigenvalue weighted by Gasteiger charge is -2.35. The zero-order chi connectivity index (χ0) is 13.8. The molecule has 0 radical (unpaired) electrons. The molecule has 0 unspecified atom stereocenters. The summed E-state index contributed by atoms with van der Waals surface area (Å²) >= 11 is 5.22. The Morgan fingerprint density at radius 1 is 0.947 bits per heavy atom. The second kappa shape index (κ2) is 4.36. The Balaban J connectivity index is 1.78. The molecule has 0 bridgehead atoms. The van der Waals surface area contributed by atoms with Gasteiger partial charge in [0.2, 0.25) is 0 Å². The van der Waals surface area contributed by atoms with Crippen molar-refractivity contribution in [3.05, 3.63) is 0 Å². The Bertz CT molecular complexity index is 394. The van der Waals surface area contributed by atoms with Gasteiger partial charge in [0, 0.05) is 6.42 Å². The minimum absolute atomic E-state index is 0.0615. The second-order valence-electron chi connectivity index (χ2n) is 6.16. The summed E-state index contributed by atoms with van der Waals surface area (Å²) in [7, 11) is 0. The molecule has 108 valence electrons. The third kappa shape index (κ3) is 2.64. The number of ether oxygens (including phenoxy) is 5. The van der Waals surface area contributed by atoms with E-state index in [1.807, 2.05) is 27.7 Å². The van der Waals surface area contributed by atoms with Gasteiger partial charge in [0.05, 0.1) is 12.7 Å². The van der Waals surface area contributed by atoms with Crippen LogP contribution in [0.15, 0.2) is 0 Å². The first kappa shape index (κ1) is 13.7. The molecule has 0 aromatic rings. The SMILES string of the molecule is CC1(C)OC[C@H]([C@H]2OC(=S)C[C@H]3OC(C)(C)O[C@@H]23)O1. The zero-order valence-corrected chi connectivity index (χ0v) is 12.5. The number of hydrogen-bond acceptors (Lipinski definition) is 6. The summed E-state index contributed by atoms with van der Waals surface area (Å²) in [5.41, 5.74) is 0. The van der Waals surface area contributed by atoms with Crippen molar-refractivity contribution in [2.75, 3.05) is 6.61 Å². The third-order valence-corrected chi connectivity index (χ3v) is 3.84. The van der Waals surface area contributed by atoms with E-state index in [0.29, 0.717) is 18.1 Å². The standard InChI is InChI=1S/C13H20O5S/c1-12(2)14-6-8(17-12)10-11-7(5-9(19)15-10)16-13(3,4)18-11/h7-8,10-11H,5-6H2,1-4H3/t7-,8-,10-,11-/m1/s1. The molecule has 0 aliphatic carbocycles. The maximum absolute atomic E-state index is 5.95. The van der Waals surface area contributed by atoms with Crippen molar-refractivity contribution < 1.29 is 23.7 Å². The summed E-state index contributed by atoms with van der Waals surface area (Å²) in [6.45, 7) is 8.07. The normalized spacial score (nSPS) is 43.9. The fourth-order valence-electron chi connectivity index (χ4n) is 2.90. The van der Waals surface area contributed by atoms with Crippen molar-refractivity contribution in [3.8, 4) is 0 Å². The minimum atomic E-state index is -0.605. The molecule has 19 heavy (non-hydrogen) atoms. The van der Waals surface area contributed by atoms with E-state index in [-0.39, 0.29) is 24.4 Å². The van der Waals surface area contributed by atoms with Crippen LogP contribution in [0.2, 0.25) is 0 Å². The molecule has 0 N–H and O–H groups in total. The second-order valence-corrected chi connectivity index (χ2v) is 6.62. The lowest BCUT2D eigenvalue weighted by molar-refractivity contribution is -0.175. The summed E-state index contributed by atoms with van der Waals surface area (Å²) < 4.78 is 29.1. The van der Waals surface area contributed by atoms with Gasteiger partial charge < -0.3 is 23.7 Å². The number of fused-ring (bicyclic) bond motifs is 1. The van der Waals surface area contributed by atoms with Gasteiger partial charge in [-0.15, -0.1) is 0 Å². The highest BCUT2D eigenvalue weighted by molar-refractivity contribution is 7.80. The van der Waals surface area contributed by atoms with E-state index >= 15 is 0 Å². The quantitative estimate of drug-likeness (QED) is 0.685. The summed E-state index contributed by atoms with van der Waals surface area (Å²) in [6, 6.07) is 0. The van der Waals surface area contributed by atoms with Crippen LogP contribution in [0.3, 0.4) is 0 Å². The van der Waals surface area contributed by atoms with E-state index in [9.17, 15) is 0 Å². The van der Waals surface area contributed by atoms with Gasteiger partial charge in [-0.25, -0.2) is 0 Å². The molecule has 3 rings (SSSR count). The largest absolute Gasteiger partial charge is 0.478 e. The van der Waals surface area contributed by atoms with Crippen LogP contribution in [-0.4, -0.2) is 47.6 Å². The van der Waals surface area contributed by atoms with E-state index in [0.717, 1.165) is 0 Å². The molecule has 4 atom stereocenters. The molecule has 3 fully saturated rings. The first-order valence-corrected chi connectivity index (χ1v) is 7.03. The first-order valence-electron chi connectivity index (χ1n) is 6.63. The van der Waals surface area contributed by atoms with Gasteiger partial charge in [0.15, 0.2) is 22.7 Å². The Kier molecular flexibility index (Phi) is 3.15. The van der Waals surface area contributed by atoms with Gasteiger partial charge in [0.1, 0.15) is 12.2 Å². The Morgan fingerprint density at radius 2 is 1.63 bits per heavy atom. The van der Waals surface area contributed by atoms with Crippen molar-refractivity contribution in [1.29, 1.82) is 0 Å². The molecule has 0 spiro atoms. The van der Waals surface area contributed by atoms with Crippen LogP contribution in [0, 0.1) is 0 Å². The van der Waals surface area contributed by atoms with Gasteiger partial charge in [-0.2, -0.15) is 0 Å². The van der Waals surface area contributed by atoms with E-state index in [2.05, 4.69) is 0 Å². The molecule has 3 aliphatic rings. The fraction of sp³-hybridized carbons (Fsp3) is 0.923. The highest BCUT2D eigenvalue weighted by Crippen LogP contribution is 2.39. The predicted octanol–water partition coefficient (Wildman–Crippen LogP) is 1.77. The fourth-order valence-corrected chi connectivity index (χ4v) is 3.17. The van der Waals surface area contributed by atoms with Crippen molar-refractivity contribution in [2.24, 2.45) is 0 Å². The third-order valence-electron chi connectivity index (χ3n) is 3.58. The van der Waals surface area contributed by atoms with E-state index in [1.165, 1.54) is 0 Å². The van der Waals surface area contributed by atoms with Gasteiger partial charge in [-0.1, -0.05) is 0 Å². The Morgan fingerprint density at radius 3 is 2.26 bits per heavy atom. The topological polar surface area (TPSA) is 46.2 Å². The van der Waals surface area contributed by atoms with Crippen molar-refractivity contribution in [2.45, 2.75) is 70.1 Å². The van der Waals surface area contributed by atoms with Crippen LogP contribution in [0.25, 0.3) is 0 Å². The molecule has 3 heterocycles. The summed E-state index contributed by atoms with van der Waals surface area (Å²) in [5, 5.41) is 0.556. The maximum atomic E-state index is 5.95. The van der Waals surface area contributed by atoms with E-state index in [1.54, 1.807) is 0 Å². The summed E-state index contributed by atoms with van der Waals surface area (Å²) in [4.78, 5) is 0. The lowest BCUT2D eigenvalue weighted by Crippen LogP contribution is -2.51. The van der Waals surface area contributed by atoms with Crippen LogP contribution in [0.1, 0.15) is 34.1 Å². The van der Waals surface area contributed by atoms with Crippen LogP contribution in [0.4, 0.5) is 0 Å². The Labute approximate surface area is 118 Å². The molecule has 0 aromatic carbocycles. The van der Waals surface area contributed by atoms with Gasteiger partial charge in [-0.05, 0) is 39.9 Å². The molecule has 6 heteroatoms. The monoisotopic (exact) mass is 288 g/mol. The molecule has 0 aromatic heterocycles. The molecule has 5 nitrogen and oxygen atoms in total. The van der Waals surface area contributed by atoms with E-state index in [4.69, 9.17) is 35.9 Å². The van der Waals surface area contributed by atoms with Crippen LogP contribution >= 0.6 is 12.2 Å². The summed E-state index contributed by atoms with van der Waals surface area (Å²) in [5.74, 6) is -1.19. The number of thiocarbonyl (C=S) groups is 1. The van der Waals surface area contributed by atoms with Gasteiger partial charge in [-0.3, -0.25) is 0 Å². The van der Waals surface area contributed by atoms with Crippen molar-refractivity contribution >= 4 is 17.3 Å². The Hall–Kier alpha value is -0.270.